The van der Waals surface area contributed by atoms with Crippen molar-refractivity contribution in [2.75, 3.05) is 0 Å². The second-order valence-electron chi connectivity index (χ2n) is 4.69. The summed E-state index contributed by atoms with van der Waals surface area (Å²) in [6.07, 6.45) is 7.48. The summed E-state index contributed by atoms with van der Waals surface area (Å²) in [5.74, 6) is -4.01. The van der Waals surface area contributed by atoms with Crippen molar-refractivity contribution < 1.29 is 19.8 Å². The van der Waals surface area contributed by atoms with Crippen LogP contribution in [0.25, 0.3) is 0 Å². The summed E-state index contributed by atoms with van der Waals surface area (Å²) in [4.78, 5) is 21.6. The first kappa shape index (κ1) is 15.9. The molecule has 0 aliphatic heterocycles. The van der Waals surface area contributed by atoms with Crippen LogP contribution in [0.15, 0.2) is 0 Å². The molecule has 4 nitrogen and oxygen atoms in total. The van der Waals surface area contributed by atoms with Crippen LogP contribution in [-0.4, -0.2) is 22.2 Å². The van der Waals surface area contributed by atoms with Gasteiger partial charge in [0.1, 0.15) is 0 Å². The van der Waals surface area contributed by atoms with E-state index in [9.17, 15) is 9.59 Å². The molecular formula is C13H24O4. The summed E-state index contributed by atoms with van der Waals surface area (Å²) in [6.45, 7) is 3.87. The van der Waals surface area contributed by atoms with Crippen molar-refractivity contribution in [2.24, 2.45) is 11.8 Å². The number of hydrogen-bond acceptors (Lipinski definition) is 2. The summed E-state index contributed by atoms with van der Waals surface area (Å²) in [5.41, 5.74) is 0. The maximum Gasteiger partial charge on any atom is 0.318 e. The van der Waals surface area contributed by atoms with Gasteiger partial charge in [0.25, 0.3) is 0 Å². The summed E-state index contributed by atoms with van der Waals surface area (Å²) >= 11 is 0. The van der Waals surface area contributed by atoms with E-state index in [0.717, 1.165) is 19.3 Å². The van der Waals surface area contributed by atoms with Gasteiger partial charge in [-0.2, -0.15) is 0 Å². The molecule has 0 aliphatic carbocycles. The van der Waals surface area contributed by atoms with E-state index in [-0.39, 0.29) is 5.92 Å². The van der Waals surface area contributed by atoms with Crippen LogP contribution in [-0.2, 0) is 9.59 Å². The smallest absolute Gasteiger partial charge is 0.318 e. The largest absolute Gasteiger partial charge is 0.481 e. The molecule has 17 heavy (non-hydrogen) atoms. The van der Waals surface area contributed by atoms with Gasteiger partial charge in [0.15, 0.2) is 5.92 Å². The lowest BCUT2D eigenvalue weighted by molar-refractivity contribution is -0.157. The molecule has 0 unspecified atom stereocenters. The fourth-order valence-electron chi connectivity index (χ4n) is 2.01. The highest BCUT2D eigenvalue weighted by Crippen LogP contribution is 2.20. The average molecular weight is 244 g/mol. The van der Waals surface area contributed by atoms with Gasteiger partial charge in [-0.3, -0.25) is 9.59 Å². The van der Waals surface area contributed by atoms with Gasteiger partial charge >= 0.3 is 11.9 Å². The molecule has 0 spiro atoms. The Balaban J connectivity index is 3.79. The third kappa shape index (κ3) is 6.97. The maximum absolute atomic E-state index is 10.8. The normalized spacial score (nSPS) is 12.6. The van der Waals surface area contributed by atoms with Gasteiger partial charge in [0.2, 0.25) is 0 Å². The lowest BCUT2D eigenvalue weighted by Crippen LogP contribution is -2.29. The minimum absolute atomic E-state index is 0.295. The Morgan fingerprint density at radius 1 is 0.941 bits per heavy atom. The number of carbonyl (C=O) groups is 2. The second-order valence-corrected chi connectivity index (χ2v) is 4.69. The van der Waals surface area contributed by atoms with Crippen molar-refractivity contribution in [2.45, 2.75) is 58.8 Å². The van der Waals surface area contributed by atoms with Crippen LogP contribution in [0, 0.1) is 11.8 Å². The quantitative estimate of drug-likeness (QED) is 0.457. The summed E-state index contributed by atoms with van der Waals surface area (Å²) in [5, 5.41) is 17.6. The molecule has 0 aliphatic rings. The molecule has 0 bridgehead atoms. The van der Waals surface area contributed by atoms with Crippen LogP contribution < -0.4 is 0 Å². The standard InChI is InChI=1S/C13H24O4/c1-3-4-5-6-7-8-9-10(2)11(12(14)15)13(16)17/h10-11H,3-9H2,1-2H3,(H,14,15)(H,16,17)/t10-/m0/s1. The Kier molecular flexibility index (Phi) is 8.46. The SMILES string of the molecule is CCCCCCCC[C@H](C)C(C(=O)O)C(=O)O. The van der Waals surface area contributed by atoms with E-state index in [0.29, 0.717) is 6.42 Å². The fraction of sp³-hybridized carbons (Fsp3) is 0.846. The van der Waals surface area contributed by atoms with E-state index in [1.54, 1.807) is 6.92 Å². The molecule has 2 N–H and O–H groups in total. The molecule has 0 saturated heterocycles. The monoisotopic (exact) mass is 244 g/mol. The van der Waals surface area contributed by atoms with Crippen LogP contribution in [0.2, 0.25) is 0 Å². The van der Waals surface area contributed by atoms with E-state index < -0.39 is 17.9 Å². The second kappa shape index (κ2) is 9.02. The Bertz CT molecular complexity index is 224. The van der Waals surface area contributed by atoms with E-state index in [1.807, 2.05) is 0 Å². The number of unbranched alkanes of at least 4 members (excludes halogenated alkanes) is 5. The molecule has 0 radical (unpaired) electrons. The molecule has 100 valence electrons. The molecule has 0 aromatic rings. The third-order valence-corrected chi connectivity index (χ3v) is 3.11. The van der Waals surface area contributed by atoms with Gasteiger partial charge < -0.3 is 10.2 Å². The van der Waals surface area contributed by atoms with Crippen molar-refractivity contribution >= 4 is 11.9 Å². The molecule has 0 amide bonds. The molecule has 1 atom stereocenters. The number of rotatable bonds is 10. The first-order valence-corrected chi connectivity index (χ1v) is 6.46. The predicted octanol–water partition coefficient (Wildman–Crippen LogP) is 3.16. The lowest BCUT2D eigenvalue weighted by Gasteiger charge is -2.15. The van der Waals surface area contributed by atoms with Crippen LogP contribution in [0.5, 0.6) is 0 Å². The maximum atomic E-state index is 10.8. The molecule has 0 rings (SSSR count). The fourth-order valence-corrected chi connectivity index (χ4v) is 2.01. The first-order valence-electron chi connectivity index (χ1n) is 6.46. The molecular weight excluding hydrogens is 220 g/mol. The van der Waals surface area contributed by atoms with E-state index in [1.165, 1.54) is 19.3 Å². The van der Waals surface area contributed by atoms with Crippen LogP contribution in [0.4, 0.5) is 0 Å². The Morgan fingerprint density at radius 2 is 1.41 bits per heavy atom. The van der Waals surface area contributed by atoms with Crippen LogP contribution in [0.3, 0.4) is 0 Å². The Labute approximate surface area is 103 Å². The molecule has 0 heterocycles. The summed E-state index contributed by atoms with van der Waals surface area (Å²) in [7, 11) is 0. The Morgan fingerprint density at radius 3 is 1.88 bits per heavy atom. The molecule has 0 fully saturated rings. The van der Waals surface area contributed by atoms with Gasteiger partial charge in [0, 0.05) is 0 Å². The van der Waals surface area contributed by atoms with E-state index >= 15 is 0 Å². The highest BCUT2D eigenvalue weighted by atomic mass is 16.4. The number of aliphatic carboxylic acids is 2. The van der Waals surface area contributed by atoms with Crippen molar-refractivity contribution in [1.82, 2.24) is 0 Å². The molecule has 0 saturated carbocycles. The number of carboxylic acids is 2. The average Bonchev–Trinajstić information content (AvgIpc) is 2.22. The third-order valence-electron chi connectivity index (χ3n) is 3.11. The first-order chi connectivity index (χ1) is 8.00. The topological polar surface area (TPSA) is 74.6 Å². The van der Waals surface area contributed by atoms with Crippen LogP contribution >= 0.6 is 0 Å². The minimum Gasteiger partial charge on any atom is -0.481 e. The number of carboxylic acid groups (broad SMARTS) is 2. The van der Waals surface area contributed by atoms with Crippen LogP contribution in [0.1, 0.15) is 58.8 Å². The highest BCUT2D eigenvalue weighted by Gasteiger charge is 2.31. The number of hydrogen-bond donors (Lipinski definition) is 2. The molecule has 0 aromatic heterocycles. The van der Waals surface area contributed by atoms with Crippen molar-refractivity contribution in [3.8, 4) is 0 Å². The van der Waals surface area contributed by atoms with Crippen molar-refractivity contribution in [3.63, 3.8) is 0 Å². The summed E-state index contributed by atoms with van der Waals surface area (Å²) < 4.78 is 0. The zero-order valence-corrected chi connectivity index (χ0v) is 10.8. The van der Waals surface area contributed by atoms with E-state index in [2.05, 4.69) is 6.92 Å². The van der Waals surface area contributed by atoms with Crippen molar-refractivity contribution in [1.29, 1.82) is 0 Å². The van der Waals surface area contributed by atoms with Crippen molar-refractivity contribution in [3.05, 3.63) is 0 Å². The summed E-state index contributed by atoms with van der Waals surface area (Å²) in [6, 6.07) is 0. The van der Waals surface area contributed by atoms with Gasteiger partial charge in [-0.25, -0.2) is 0 Å². The van der Waals surface area contributed by atoms with Gasteiger partial charge in [0.05, 0.1) is 0 Å². The highest BCUT2D eigenvalue weighted by molar-refractivity contribution is 5.93. The van der Waals surface area contributed by atoms with Gasteiger partial charge in [-0.05, 0) is 12.3 Å². The van der Waals surface area contributed by atoms with E-state index in [4.69, 9.17) is 10.2 Å². The Hall–Kier alpha value is -1.06. The predicted molar refractivity (Wildman–Crippen MR) is 65.9 cm³/mol. The minimum atomic E-state index is -1.26. The zero-order valence-electron chi connectivity index (χ0n) is 10.8. The molecule has 0 aromatic carbocycles. The van der Waals surface area contributed by atoms with Gasteiger partial charge in [-0.1, -0.05) is 52.4 Å². The molecule has 4 heteroatoms. The zero-order chi connectivity index (χ0) is 13.3. The lowest BCUT2D eigenvalue weighted by atomic mass is 9.89. The van der Waals surface area contributed by atoms with Gasteiger partial charge in [-0.15, -0.1) is 0 Å².